The Labute approximate surface area is 110 Å². The number of halogens is 1. The third-order valence-corrected chi connectivity index (χ3v) is 3.14. The zero-order valence-electron chi connectivity index (χ0n) is 9.95. The number of carbonyl (C=O) groups is 1. The molecule has 1 amide bonds. The Morgan fingerprint density at radius 1 is 1.41 bits per heavy atom. The number of hydrogen-bond acceptors (Lipinski definition) is 2. The molecule has 1 aromatic rings. The third-order valence-electron chi connectivity index (χ3n) is 2.61. The Hall–Kier alpha value is -0.870. The lowest BCUT2D eigenvalue weighted by atomic mass is 10.1. The first kappa shape index (κ1) is 14.2. The minimum absolute atomic E-state index is 0.00706. The van der Waals surface area contributed by atoms with Crippen LogP contribution in [0.1, 0.15) is 25.3 Å². The fourth-order valence-electron chi connectivity index (χ4n) is 1.60. The van der Waals surface area contributed by atoms with Gasteiger partial charge >= 0.3 is 0 Å². The number of amides is 1. The SMILES string of the molecule is CCC(CCO)NC(=O)Cc1ccc(Br)cc1. The maximum Gasteiger partial charge on any atom is 0.224 e. The van der Waals surface area contributed by atoms with Gasteiger partial charge in [0.25, 0.3) is 0 Å². The molecule has 0 aromatic heterocycles. The van der Waals surface area contributed by atoms with E-state index in [1.54, 1.807) is 0 Å². The summed E-state index contributed by atoms with van der Waals surface area (Å²) in [5.74, 6) is 0.00706. The van der Waals surface area contributed by atoms with Crippen molar-refractivity contribution >= 4 is 21.8 Å². The van der Waals surface area contributed by atoms with Crippen LogP contribution in [0.2, 0.25) is 0 Å². The van der Waals surface area contributed by atoms with Gasteiger partial charge in [-0.2, -0.15) is 0 Å². The molecule has 94 valence electrons. The Balaban J connectivity index is 2.46. The topological polar surface area (TPSA) is 49.3 Å². The second kappa shape index (κ2) is 7.45. The van der Waals surface area contributed by atoms with E-state index in [4.69, 9.17) is 5.11 Å². The number of nitrogens with one attached hydrogen (secondary N) is 1. The van der Waals surface area contributed by atoms with E-state index in [0.29, 0.717) is 12.8 Å². The maximum absolute atomic E-state index is 11.7. The van der Waals surface area contributed by atoms with Crippen LogP contribution in [0.25, 0.3) is 0 Å². The molecule has 0 aliphatic rings. The molecule has 17 heavy (non-hydrogen) atoms. The normalized spacial score (nSPS) is 12.2. The van der Waals surface area contributed by atoms with Gasteiger partial charge in [0.05, 0.1) is 6.42 Å². The first-order valence-electron chi connectivity index (χ1n) is 5.80. The van der Waals surface area contributed by atoms with Crippen molar-refractivity contribution in [3.05, 3.63) is 34.3 Å². The van der Waals surface area contributed by atoms with Crippen LogP contribution < -0.4 is 5.32 Å². The summed E-state index contributed by atoms with van der Waals surface area (Å²) < 4.78 is 1.01. The Morgan fingerprint density at radius 2 is 2.06 bits per heavy atom. The van der Waals surface area contributed by atoms with Crippen molar-refractivity contribution < 1.29 is 9.90 Å². The van der Waals surface area contributed by atoms with Gasteiger partial charge in [-0.1, -0.05) is 35.0 Å². The molecule has 0 saturated carbocycles. The Morgan fingerprint density at radius 3 is 2.59 bits per heavy atom. The quantitative estimate of drug-likeness (QED) is 0.846. The number of rotatable bonds is 6. The summed E-state index contributed by atoms with van der Waals surface area (Å²) in [6, 6.07) is 7.78. The molecule has 0 saturated heterocycles. The predicted molar refractivity (Wildman–Crippen MR) is 71.8 cm³/mol. The molecule has 0 aliphatic carbocycles. The van der Waals surface area contributed by atoms with Crippen LogP contribution in [-0.2, 0) is 11.2 Å². The summed E-state index contributed by atoms with van der Waals surface area (Å²) in [5, 5.41) is 11.8. The van der Waals surface area contributed by atoms with Gasteiger partial charge in [-0.25, -0.2) is 0 Å². The monoisotopic (exact) mass is 299 g/mol. The second-order valence-electron chi connectivity index (χ2n) is 3.99. The summed E-state index contributed by atoms with van der Waals surface area (Å²) in [5.41, 5.74) is 0.990. The molecular formula is C13H18BrNO2. The Bertz CT molecular complexity index is 351. The first-order chi connectivity index (χ1) is 8.15. The number of aliphatic hydroxyl groups excluding tert-OH is 1. The lowest BCUT2D eigenvalue weighted by Crippen LogP contribution is -2.36. The van der Waals surface area contributed by atoms with Crippen LogP contribution >= 0.6 is 15.9 Å². The van der Waals surface area contributed by atoms with Gasteiger partial charge in [0.1, 0.15) is 0 Å². The van der Waals surface area contributed by atoms with Crippen LogP contribution in [0.4, 0.5) is 0 Å². The minimum atomic E-state index is 0.00706. The van der Waals surface area contributed by atoms with Crippen LogP contribution in [0.5, 0.6) is 0 Å². The van der Waals surface area contributed by atoms with E-state index >= 15 is 0 Å². The lowest BCUT2D eigenvalue weighted by Gasteiger charge is -2.15. The van der Waals surface area contributed by atoms with Gasteiger partial charge < -0.3 is 10.4 Å². The van der Waals surface area contributed by atoms with Crippen LogP contribution in [0.15, 0.2) is 28.7 Å². The summed E-state index contributed by atoms with van der Waals surface area (Å²) in [6.45, 7) is 2.11. The molecule has 2 N–H and O–H groups in total. The van der Waals surface area contributed by atoms with Crippen LogP contribution in [0.3, 0.4) is 0 Å². The van der Waals surface area contributed by atoms with Crippen molar-refractivity contribution in [2.75, 3.05) is 6.61 Å². The third kappa shape index (κ3) is 5.33. The van der Waals surface area contributed by atoms with Crippen molar-refractivity contribution in [2.45, 2.75) is 32.2 Å². The molecule has 3 nitrogen and oxygen atoms in total. The van der Waals surface area contributed by atoms with Gasteiger partial charge in [0, 0.05) is 17.1 Å². The van der Waals surface area contributed by atoms with Gasteiger partial charge in [-0.3, -0.25) is 4.79 Å². The van der Waals surface area contributed by atoms with E-state index in [2.05, 4.69) is 21.2 Å². The highest BCUT2D eigenvalue weighted by molar-refractivity contribution is 9.10. The van der Waals surface area contributed by atoms with E-state index in [0.717, 1.165) is 16.5 Å². The van der Waals surface area contributed by atoms with Crippen molar-refractivity contribution in [1.82, 2.24) is 5.32 Å². The summed E-state index contributed by atoms with van der Waals surface area (Å²) in [6.07, 6.45) is 1.84. The largest absolute Gasteiger partial charge is 0.396 e. The predicted octanol–water partition coefficient (Wildman–Crippen LogP) is 2.27. The summed E-state index contributed by atoms with van der Waals surface area (Å²) in [4.78, 5) is 11.7. The molecule has 0 heterocycles. The first-order valence-corrected chi connectivity index (χ1v) is 6.59. The molecule has 1 rings (SSSR count). The molecule has 0 radical (unpaired) electrons. The molecule has 4 heteroatoms. The highest BCUT2D eigenvalue weighted by Gasteiger charge is 2.10. The second-order valence-corrected chi connectivity index (χ2v) is 4.90. The fourth-order valence-corrected chi connectivity index (χ4v) is 1.86. The average Bonchev–Trinajstić information content (AvgIpc) is 2.31. The number of aliphatic hydroxyl groups is 1. The van der Waals surface area contributed by atoms with E-state index in [9.17, 15) is 4.79 Å². The summed E-state index contributed by atoms with van der Waals surface area (Å²) in [7, 11) is 0. The van der Waals surface area contributed by atoms with Crippen molar-refractivity contribution in [1.29, 1.82) is 0 Å². The van der Waals surface area contributed by atoms with E-state index in [-0.39, 0.29) is 18.6 Å². The van der Waals surface area contributed by atoms with Gasteiger partial charge in [-0.05, 0) is 30.5 Å². The van der Waals surface area contributed by atoms with Gasteiger partial charge in [-0.15, -0.1) is 0 Å². The van der Waals surface area contributed by atoms with Gasteiger partial charge in [0.15, 0.2) is 0 Å². The van der Waals surface area contributed by atoms with E-state index in [1.807, 2.05) is 31.2 Å². The minimum Gasteiger partial charge on any atom is -0.396 e. The Kier molecular flexibility index (Phi) is 6.22. The van der Waals surface area contributed by atoms with E-state index in [1.165, 1.54) is 0 Å². The average molecular weight is 300 g/mol. The zero-order valence-corrected chi connectivity index (χ0v) is 11.5. The molecule has 0 aliphatic heterocycles. The molecular weight excluding hydrogens is 282 g/mol. The number of carbonyl (C=O) groups excluding carboxylic acids is 1. The summed E-state index contributed by atoms with van der Waals surface area (Å²) >= 11 is 3.36. The molecule has 0 spiro atoms. The molecule has 1 unspecified atom stereocenters. The van der Waals surface area contributed by atoms with E-state index < -0.39 is 0 Å². The van der Waals surface area contributed by atoms with Crippen molar-refractivity contribution in [2.24, 2.45) is 0 Å². The molecule has 1 atom stereocenters. The standard InChI is InChI=1S/C13H18BrNO2/c1-2-12(7-8-16)15-13(17)9-10-3-5-11(14)6-4-10/h3-6,12,16H,2,7-9H2,1H3,(H,15,17). The molecule has 0 fully saturated rings. The van der Waals surface area contributed by atoms with Crippen molar-refractivity contribution in [3.8, 4) is 0 Å². The smallest absolute Gasteiger partial charge is 0.224 e. The van der Waals surface area contributed by atoms with Crippen molar-refractivity contribution in [3.63, 3.8) is 0 Å². The molecule has 0 bridgehead atoms. The number of benzene rings is 1. The highest BCUT2D eigenvalue weighted by atomic mass is 79.9. The lowest BCUT2D eigenvalue weighted by molar-refractivity contribution is -0.121. The molecule has 1 aromatic carbocycles. The maximum atomic E-state index is 11.7. The van der Waals surface area contributed by atoms with Gasteiger partial charge in [0.2, 0.25) is 5.91 Å². The fraction of sp³-hybridized carbons (Fsp3) is 0.462. The van der Waals surface area contributed by atoms with Crippen LogP contribution in [0, 0.1) is 0 Å². The zero-order chi connectivity index (χ0) is 12.7. The highest BCUT2D eigenvalue weighted by Crippen LogP contribution is 2.11. The van der Waals surface area contributed by atoms with Crippen LogP contribution in [-0.4, -0.2) is 23.7 Å². The number of hydrogen-bond donors (Lipinski definition) is 2.